The van der Waals surface area contributed by atoms with Crippen molar-refractivity contribution in [2.24, 2.45) is 0 Å². The summed E-state index contributed by atoms with van der Waals surface area (Å²) in [5, 5.41) is 3.92. The Morgan fingerprint density at radius 1 is 1.19 bits per heavy atom. The molecule has 0 aliphatic heterocycles. The van der Waals surface area contributed by atoms with Crippen LogP contribution in [-0.2, 0) is 0 Å². The molecule has 27 heavy (non-hydrogen) atoms. The number of nitrogens with zero attached hydrogens (tertiary/aromatic N) is 1. The van der Waals surface area contributed by atoms with Gasteiger partial charge in [-0.3, -0.25) is 9.59 Å². The summed E-state index contributed by atoms with van der Waals surface area (Å²) < 4.78 is 5.97. The third-order valence-corrected chi connectivity index (χ3v) is 4.40. The molecule has 5 nitrogen and oxygen atoms in total. The molecule has 1 heterocycles. The van der Waals surface area contributed by atoms with Crippen LogP contribution < -0.4 is 10.7 Å². The molecule has 6 heteroatoms. The van der Waals surface area contributed by atoms with Gasteiger partial charge in [-0.15, -0.1) is 0 Å². The van der Waals surface area contributed by atoms with Crippen LogP contribution in [0.3, 0.4) is 0 Å². The predicted octanol–water partition coefficient (Wildman–Crippen LogP) is 3.79. The Kier molecular flexibility index (Phi) is 5.63. The van der Waals surface area contributed by atoms with Crippen LogP contribution in [-0.4, -0.2) is 37.5 Å². The van der Waals surface area contributed by atoms with Crippen molar-refractivity contribution < 1.29 is 9.21 Å². The van der Waals surface area contributed by atoms with E-state index in [0.29, 0.717) is 28.3 Å². The van der Waals surface area contributed by atoms with E-state index in [1.165, 1.54) is 6.07 Å². The highest BCUT2D eigenvalue weighted by Crippen LogP contribution is 2.25. The van der Waals surface area contributed by atoms with Crippen molar-refractivity contribution in [3.8, 4) is 11.3 Å². The van der Waals surface area contributed by atoms with Gasteiger partial charge in [-0.05, 0) is 57.4 Å². The third kappa shape index (κ3) is 4.38. The molecule has 3 rings (SSSR count). The Morgan fingerprint density at radius 3 is 2.56 bits per heavy atom. The molecule has 0 saturated carbocycles. The molecule has 0 bridgehead atoms. The Balaban J connectivity index is 2.05. The molecule has 0 fully saturated rings. The van der Waals surface area contributed by atoms with Crippen molar-refractivity contribution >= 4 is 28.5 Å². The van der Waals surface area contributed by atoms with Crippen molar-refractivity contribution in [2.45, 2.75) is 13.0 Å². The number of carbonyl (C=O) groups is 1. The number of hydrogen-bond donors (Lipinski definition) is 1. The van der Waals surface area contributed by atoms with Crippen molar-refractivity contribution in [1.82, 2.24) is 10.2 Å². The maximum atomic E-state index is 12.7. The summed E-state index contributed by atoms with van der Waals surface area (Å²) >= 11 is 5.93. The Hall–Kier alpha value is -2.63. The van der Waals surface area contributed by atoms with Crippen LogP contribution in [0, 0.1) is 0 Å². The monoisotopic (exact) mass is 384 g/mol. The Bertz CT molecular complexity index is 1030. The minimum atomic E-state index is -0.272. The quantitative estimate of drug-likeness (QED) is 0.726. The second-order valence-corrected chi connectivity index (χ2v) is 7.24. The maximum absolute atomic E-state index is 12.7. The summed E-state index contributed by atoms with van der Waals surface area (Å²) in [6.45, 7) is 2.63. The molecule has 1 N–H and O–H groups in total. The van der Waals surface area contributed by atoms with Crippen molar-refractivity contribution in [1.29, 1.82) is 0 Å². The fourth-order valence-electron chi connectivity index (χ4n) is 3.01. The highest BCUT2D eigenvalue weighted by molar-refractivity contribution is 6.30. The predicted molar refractivity (Wildman–Crippen MR) is 108 cm³/mol. The molecule has 1 aromatic heterocycles. The largest absolute Gasteiger partial charge is 0.455 e. The lowest BCUT2D eigenvalue weighted by molar-refractivity contribution is 0.0935. The SMILES string of the molecule is CC(CN(C)C)NC(=O)c1cccc2c(=O)cc(-c3ccc(Cl)cc3)oc12. The fourth-order valence-corrected chi connectivity index (χ4v) is 3.13. The van der Waals surface area contributed by atoms with Crippen LogP contribution in [0.2, 0.25) is 5.02 Å². The van der Waals surface area contributed by atoms with Gasteiger partial charge in [0.15, 0.2) is 11.0 Å². The molecule has 0 saturated heterocycles. The lowest BCUT2D eigenvalue weighted by Gasteiger charge is -2.18. The number of para-hydroxylation sites is 1. The number of carbonyl (C=O) groups excluding carboxylic acids is 1. The van der Waals surface area contributed by atoms with Crippen molar-refractivity contribution in [3.05, 3.63) is 69.3 Å². The van der Waals surface area contributed by atoms with Gasteiger partial charge < -0.3 is 14.6 Å². The van der Waals surface area contributed by atoms with Gasteiger partial charge in [-0.25, -0.2) is 0 Å². The zero-order valence-corrected chi connectivity index (χ0v) is 16.2. The van der Waals surface area contributed by atoms with E-state index in [0.717, 1.165) is 5.56 Å². The second kappa shape index (κ2) is 7.94. The Morgan fingerprint density at radius 2 is 1.89 bits per heavy atom. The summed E-state index contributed by atoms with van der Waals surface area (Å²) in [6, 6.07) is 13.4. The van der Waals surface area contributed by atoms with E-state index in [2.05, 4.69) is 5.32 Å². The van der Waals surface area contributed by atoms with Crippen molar-refractivity contribution in [3.63, 3.8) is 0 Å². The molecule has 0 aliphatic carbocycles. The van der Waals surface area contributed by atoms with Crippen LogP contribution in [0.15, 0.2) is 57.7 Å². The molecular formula is C21H21ClN2O3. The van der Waals surface area contributed by atoms with E-state index in [1.54, 1.807) is 42.5 Å². The maximum Gasteiger partial charge on any atom is 0.255 e. The number of fused-ring (bicyclic) bond motifs is 1. The zero-order valence-electron chi connectivity index (χ0n) is 15.5. The van der Waals surface area contributed by atoms with Gasteiger partial charge >= 0.3 is 0 Å². The molecule has 3 aromatic rings. The van der Waals surface area contributed by atoms with E-state index >= 15 is 0 Å². The van der Waals surface area contributed by atoms with Crippen LogP contribution >= 0.6 is 11.6 Å². The molecule has 0 aliphatic rings. The highest BCUT2D eigenvalue weighted by atomic mass is 35.5. The third-order valence-electron chi connectivity index (χ3n) is 4.14. The number of benzene rings is 2. The summed E-state index contributed by atoms with van der Waals surface area (Å²) in [5.74, 6) is 0.122. The van der Waals surface area contributed by atoms with Gasteiger partial charge in [0.25, 0.3) is 5.91 Å². The minimum absolute atomic E-state index is 0.0473. The number of halogens is 1. The average molecular weight is 385 g/mol. The molecule has 0 spiro atoms. The fraction of sp³-hybridized carbons (Fsp3) is 0.238. The summed E-state index contributed by atoms with van der Waals surface area (Å²) in [5.41, 5.74) is 1.14. The summed E-state index contributed by atoms with van der Waals surface area (Å²) in [7, 11) is 3.88. The van der Waals surface area contributed by atoms with E-state index in [9.17, 15) is 9.59 Å². The lowest BCUT2D eigenvalue weighted by Crippen LogP contribution is -2.39. The number of amides is 1. The Labute approximate surface area is 162 Å². The van der Waals surface area contributed by atoms with E-state index in [-0.39, 0.29) is 23.0 Å². The van der Waals surface area contributed by atoms with Crippen LogP contribution in [0.5, 0.6) is 0 Å². The van der Waals surface area contributed by atoms with Gasteiger partial charge in [0.05, 0.1) is 10.9 Å². The topological polar surface area (TPSA) is 62.6 Å². The lowest BCUT2D eigenvalue weighted by atomic mass is 10.1. The van der Waals surface area contributed by atoms with E-state index in [4.69, 9.17) is 16.0 Å². The first-order valence-corrected chi connectivity index (χ1v) is 9.01. The second-order valence-electron chi connectivity index (χ2n) is 6.80. The van der Waals surface area contributed by atoms with Crippen LogP contribution in [0.25, 0.3) is 22.3 Å². The molecule has 0 radical (unpaired) electrons. The standard InChI is InChI=1S/C21H21ClN2O3/c1-13(12-24(2)3)23-21(26)17-6-4-5-16-18(25)11-19(27-20(16)17)14-7-9-15(22)10-8-14/h4-11,13H,12H2,1-3H3,(H,23,26). The van der Waals surface area contributed by atoms with Crippen molar-refractivity contribution in [2.75, 3.05) is 20.6 Å². The van der Waals surface area contributed by atoms with Gasteiger partial charge in [-0.1, -0.05) is 17.7 Å². The first-order valence-electron chi connectivity index (χ1n) is 8.63. The zero-order chi connectivity index (χ0) is 19.6. The summed E-state index contributed by atoms with van der Waals surface area (Å²) in [6.07, 6.45) is 0. The molecule has 1 unspecified atom stereocenters. The minimum Gasteiger partial charge on any atom is -0.455 e. The smallest absolute Gasteiger partial charge is 0.255 e. The van der Waals surface area contributed by atoms with Gasteiger partial charge in [0.2, 0.25) is 0 Å². The van der Waals surface area contributed by atoms with Gasteiger partial charge in [-0.2, -0.15) is 0 Å². The normalized spacial score (nSPS) is 12.3. The number of hydrogen-bond acceptors (Lipinski definition) is 4. The van der Waals surface area contributed by atoms with Gasteiger partial charge in [0, 0.05) is 29.2 Å². The molecular weight excluding hydrogens is 364 g/mol. The molecule has 2 aromatic carbocycles. The van der Waals surface area contributed by atoms with Crippen LogP contribution in [0.4, 0.5) is 0 Å². The number of likely N-dealkylation sites (N-methyl/N-ethyl adjacent to an activating group) is 1. The molecule has 1 amide bonds. The number of nitrogens with one attached hydrogen (secondary N) is 1. The van der Waals surface area contributed by atoms with Gasteiger partial charge in [0.1, 0.15) is 5.76 Å². The average Bonchev–Trinajstić information content (AvgIpc) is 2.61. The van der Waals surface area contributed by atoms with Crippen LogP contribution in [0.1, 0.15) is 17.3 Å². The molecule has 1 atom stereocenters. The van der Waals surface area contributed by atoms with E-state index < -0.39 is 0 Å². The first-order chi connectivity index (χ1) is 12.8. The summed E-state index contributed by atoms with van der Waals surface area (Å²) in [4.78, 5) is 27.3. The highest BCUT2D eigenvalue weighted by Gasteiger charge is 2.17. The molecule has 140 valence electrons. The first kappa shape index (κ1) is 19.1. The van der Waals surface area contributed by atoms with E-state index in [1.807, 2.05) is 25.9 Å². The number of rotatable bonds is 5.